The molecule has 2 aliphatic heterocycles. The maximum Gasteiger partial charge on any atom is 0.315 e. The summed E-state index contributed by atoms with van der Waals surface area (Å²) in [5.74, 6) is -1.84. The van der Waals surface area contributed by atoms with Crippen molar-refractivity contribution in [3.63, 3.8) is 0 Å². The van der Waals surface area contributed by atoms with Crippen LogP contribution in [0.5, 0.6) is 5.75 Å². The molecule has 0 bridgehead atoms. The summed E-state index contributed by atoms with van der Waals surface area (Å²) in [6.07, 6.45) is 1.74. The van der Waals surface area contributed by atoms with E-state index in [1.165, 1.54) is 13.3 Å². The Bertz CT molecular complexity index is 1580. The van der Waals surface area contributed by atoms with Gasteiger partial charge in [0, 0.05) is 44.6 Å². The Kier molecular flexibility index (Phi) is 8.50. The van der Waals surface area contributed by atoms with Crippen molar-refractivity contribution >= 4 is 63.3 Å². The molecule has 16 heteroatoms. The lowest BCUT2D eigenvalue weighted by molar-refractivity contribution is -0.131. The number of hydrogen-bond donors (Lipinski definition) is 3. The number of carbonyl (C=O) groups is 3. The normalized spacial score (nSPS) is 17.2. The van der Waals surface area contributed by atoms with Gasteiger partial charge in [0.1, 0.15) is 33.4 Å². The Morgan fingerprint density at radius 1 is 1.33 bits per heavy atom. The van der Waals surface area contributed by atoms with Gasteiger partial charge in [0.15, 0.2) is 5.82 Å². The second-order valence-electron chi connectivity index (χ2n) is 9.99. The molecule has 0 radical (unpaired) electrons. The Morgan fingerprint density at radius 2 is 2.12 bits per heavy atom. The number of piperidine rings is 1. The lowest BCUT2D eigenvalue weighted by atomic mass is 9.91. The molecule has 1 atom stereocenters. The summed E-state index contributed by atoms with van der Waals surface area (Å²) < 4.78 is 33.0. The highest BCUT2D eigenvalue weighted by atomic mass is 35.5. The molecule has 0 saturated carbocycles. The number of nitrogens with one attached hydrogen (secondary N) is 1. The zero-order valence-electron chi connectivity index (χ0n) is 22.6. The smallest absolute Gasteiger partial charge is 0.315 e. The van der Waals surface area contributed by atoms with Crippen LogP contribution in [0.3, 0.4) is 0 Å². The van der Waals surface area contributed by atoms with Crippen LogP contribution >= 0.6 is 22.9 Å². The van der Waals surface area contributed by atoms with Gasteiger partial charge >= 0.3 is 6.43 Å². The number of primary amides is 1. The van der Waals surface area contributed by atoms with E-state index >= 15 is 0 Å². The summed E-state index contributed by atoms with van der Waals surface area (Å²) in [5.41, 5.74) is 15.7. The average molecular weight is 623 g/mol. The number of aromatic nitrogens is 3. The number of halogens is 3. The van der Waals surface area contributed by atoms with E-state index in [4.69, 9.17) is 27.8 Å². The summed E-state index contributed by atoms with van der Waals surface area (Å²) in [7, 11) is 0. The number of nitrogens with zero attached hydrogens (tertiary/aromatic N) is 5. The van der Waals surface area contributed by atoms with Crippen LogP contribution in [0.1, 0.15) is 46.6 Å². The van der Waals surface area contributed by atoms with Gasteiger partial charge in [-0.3, -0.25) is 14.4 Å². The van der Waals surface area contributed by atoms with E-state index in [0.717, 1.165) is 41.1 Å². The minimum Gasteiger partial charge on any atom is -0.490 e. The molecule has 5 rings (SSSR count). The largest absolute Gasteiger partial charge is 0.490 e. The van der Waals surface area contributed by atoms with E-state index in [1.54, 1.807) is 9.42 Å². The average Bonchev–Trinajstić information content (AvgIpc) is 3.67. The quantitative estimate of drug-likeness (QED) is 0.307. The molecular weight excluding hydrogens is 594 g/mol. The van der Waals surface area contributed by atoms with Crippen LogP contribution < -0.4 is 26.4 Å². The minimum absolute atomic E-state index is 0.0206. The van der Waals surface area contributed by atoms with Crippen LogP contribution in [0.2, 0.25) is 4.34 Å². The molecule has 0 aromatic carbocycles. The zero-order valence-corrected chi connectivity index (χ0v) is 24.2. The van der Waals surface area contributed by atoms with Crippen molar-refractivity contribution < 1.29 is 27.9 Å². The van der Waals surface area contributed by atoms with E-state index in [9.17, 15) is 23.2 Å². The number of nitrogens with two attached hydrogens (primary N) is 2. The second-order valence-corrected chi connectivity index (χ2v) is 11.6. The van der Waals surface area contributed by atoms with Gasteiger partial charge in [-0.15, -0.1) is 11.3 Å². The molecule has 3 amide bonds. The van der Waals surface area contributed by atoms with Gasteiger partial charge in [0.25, 0.3) is 11.8 Å². The Labute approximate surface area is 248 Å². The van der Waals surface area contributed by atoms with Crippen LogP contribution in [-0.4, -0.2) is 83.0 Å². The first-order valence-electron chi connectivity index (χ1n) is 13.2. The van der Waals surface area contributed by atoms with Crippen molar-refractivity contribution in [1.29, 1.82) is 0 Å². The maximum absolute atomic E-state index is 12.5. The van der Waals surface area contributed by atoms with Crippen LogP contribution in [-0.2, 0) is 9.59 Å². The Hall–Kier alpha value is -3.98. The molecule has 3 aromatic heterocycles. The van der Waals surface area contributed by atoms with Crippen molar-refractivity contribution in [3.8, 4) is 5.75 Å². The van der Waals surface area contributed by atoms with Crippen molar-refractivity contribution in [1.82, 2.24) is 24.8 Å². The number of rotatable bonds is 9. The fourth-order valence-electron chi connectivity index (χ4n) is 5.39. The molecule has 5 heterocycles. The molecule has 42 heavy (non-hydrogen) atoms. The molecule has 3 aromatic rings. The van der Waals surface area contributed by atoms with Crippen molar-refractivity contribution in [3.05, 3.63) is 38.9 Å². The van der Waals surface area contributed by atoms with Gasteiger partial charge in [-0.25, -0.2) is 9.50 Å². The number of fused-ring (bicyclic) bond motifs is 1. The lowest BCUT2D eigenvalue weighted by Crippen LogP contribution is -2.35. The molecule has 0 spiro atoms. The molecule has 0 aliphatic carbocycles. The highest BCUT2D eigenvalue weighted by molar-refractivity contribution is 7.18. The number of alkyl halides is 2. The lowest BCUT2D eigenvalue weighted by Gasteiger charge is -2.34. The Balaban J connectivity index is 1.44. The molecular formula is C26H29ClF2N8O4S. The topological polar surface area (TPSA) is 161 Å². The first kappa shape index (κ1) is 29.5. The molecule has 5 N–H and O–H groups in total. The van der Waals surface area contributed by atoms with E-state index in [0.29, 0.717) is 47.4 Å². The summed E-state index contributed by atoms with van der Waals surface area (Å²) in [4.78, 5) is 43.6. The zero-order chi connectivity index (χ0) is 30.1. The number of amides is 3. The second kappa shape index (κ2) is 12.1. The predicted molar refractivity (Wildman–Crippen MR) is 154 cm³/mol. The first-order valence-corrected chi connectivity index (χ1v) is 14.4. The fourth-order valence-corrected chi connectivity index (χ4v) is 6.77. The van der Waals surface area contributed by atoms with E-state index in [2.05, 4.69) is 20.3 Å². The number of nitrogen functional groups attached to an aromatic ring is 1. The van der Waals surface area contributed by atoms with E-state index < -0.39 is 18.2 Å². The fraction of sp³-hybridized carbons (Fsp3) is 0.423. The van der Waals surface area contributed by atoms with Gasteiger partial charge in [0.05, 0.1) is 17.9 Å². The van der Waals surface area contributed by atoms with Crippen LogP contribution in [0.25, 0.3) is 11.1 Å². The number of thiophene rings is 1. The van der Waals surface area contributed by atoms with Gasteiger partial charge in [-0.05, 0) is 24.5 Å². The van der Waals surface area contributed by atoms with Crippen LogP contribution in [0, 0.1) is 0 Å². The molecule has 224 valence electrons. The van der Waals surface area contributed by atoms with Crippen LogP contribution in [0.15, 0.2) is 18.5 Å². The number of anilines is 2. The number of carbonyl (C=O) groups excluding carboxylic acids is 3. The molecule has 2 aliphatic rings. The predicted octanol–water partition coefficient (Wildman–Crippen LogP) is 2.51. The summed E-state index contributed by atoms with van der Waals surface area (Å²) >= 11 is 7.63. The first-order chi connectivity index (χ1) is 20.1. The number of ether oxygens (including phenoxy) is 1. The highest BCUT2D eigenvalue weighted by Crippen LogP contribution is 2.47. The standard InChI is InChI=1S/C26H29ClF2N8O4S/c1-13(38)35-7-4-14(10-35)16-9-17(19-24(30)33-12-34-37(16)19)36-6-2-3-15(11-36)18-20(21(25(31)39)42-22(18)27)41-8-5-32-26(40)23(28)29/h4,9,12,15,23H,2-3,5-8,10-11H2,1H3,(H2,31,39)(H,32,40)(H2,30,33,34). The molecule has 12 nitrogen and oxygen atoms in total. The van der Waals surface area contributed by atoms with Gasteiger partial charge in [-0.2, -0.15) is 13.9 Å². The SMILES string of the molecule is CC(=O)N1CC=C(c2cc(N3CCCC(c4c(Cl)sc(C(N)=O)c4OCCNC(=O)C(F)F)C3)c3c(N)ncnn23)C1. The molecule has 1 saturated heterocycles. The summed E-state index contributed by atoms with van der Waals surface area (Å²) in [6, 6.07) is 1.99. The van der Waals surface area contributed by atoms with Gasteiger partial charge in [0.2, 0.25) is 5.91 Å². The third kappa shape index (κ3) is 5.70. The van der Waals surface area contributed by atoms with E-state index in [1.807, 2.05) is 12.1 Å². The Morgan fingerprint density at radius 3 is 2.81 bits per heavy atom. The van der Waals surface area contributed by atoms with E-state index in [-0.39, 0.29) is 35.6 Å². The van der Waals surface area contributed by atoms with Crippen molar-refractivity contribution in [2.24, 2.45) is 5.73 Å². The number of hydrogen-bond acceptors (Lipinski definition) is 9. The third-order valence-electron chi connectivity index (χ3n) is 7.35. The monoisotopic (exact) mass is 622 g/mol. The van der Waals surface area contributed by atoms with Gasteiger partial charge < -0.3 is 31.3 Å². The maximum atomic E-state index is 12.5. The summed E-state index contributed by atoms with van der Waals surface area (Å²) in [5, 5.41) is 6.52. The highest BCUT2D eigenvalue weighted by Gasteiger charge is 2.33. The minimum atomic E-state index is -3.14. The van der Waals surface area contributed by atoms with Crippen LogP contribution in [0.4, 0.5) is 20.3 Å². The molecule has 1 fully saturated rings. The summed E-state index contributed by atoms with van der Waals surface area (Å²) in [6.45, 7) is 3.31. The van der Waals surface area contributed by atoms with Gasteiger partial charge in [-0.1, -0.05) is 17.7 Å². The van der Waals surface area contributed by atoms with Crippen molar-refractivity contribution in [2.45, 2.75) is 32.1 Å². The van der Waals surface area contributed by atoms with Crippen molar-refractivity contribution in [2.75, 3.05) is 50.0 Å². The molecule has 1 unspecified atom stereocenters. The third-order valence-corrected chi connectivity index (χ3v) is 8.78.